The summed E-state index contributed by atoms with van der Waals surface area (Å²) < 4.78 is 0. The van der Waals surface area contributed by atoms with Crippen molar-refractivity contribution in [2.45, 2.75) is 51.5 Å². The number of amides is 3. The molecule has 1 aliphatic rings. The number of primary amides is 1. The van der Waals surface area contributed by atoms with E-state index >= 15 is 0 Å². The van der Waals surface area contributed by atoms with Gasteiger partial charge in [0, 0.05) is 17.8 Å². The first-order valence-corrected chi connectivity index (χ1v) is 8.19. The predicted molar refractivity (Wildman–Crippen MR) is 82.3 cm³/mol. The maximum Gasteiger partial charge on any atom is 0.312 e. The fourth-order valence-corrected chi connectivity index (χ4v) is 3.59. The first kappa shape index (κ1) is 15.8. The van der Waals surface area contributed by atoms with Crippen LogP contribution in [0.5, 0.6) is 0 Å². The maximum absolute atomic E-state index is 11.7. The predicted octanol–water partition coefficient (Wildman–Crippen LogP) is 1.13. The van der Waals surface area contributed by atoms with Crippen LogP contribution in [0.1, 0.15) is 41.8 Å². The Kier molecular flexibility index (Phi) is 5.55. The number of hydrogen-bond acceptors (Lipinski definition) is 4. The molecule has 0 aromatic carbocycles. The summed E-state index contributed by atoms with van der Waals surface area (Å²) in [6, 6.07) is -1.29. The third-order valence-corrected chi connectivity index (χ3v) is 4.73. The van der Waals surface area contributed by atoms with Gasteiger partial charge in [-0.05, 0) is 39.0 Å². The molecular formula is C14H22N4O2S. The van der Waals surface area contributed by atoms with Crippen LogP contribution in [-0.2, 0) is 24.1 Å². The molecule has 1 aromatic heterocycles. The minimum atomic E-state index is -0.689. The first-order valence-electron chi connectivity index (χ1n) is 7.37. The van der Waals surface area contributed by atoms with Crippen molar-refractivity contribution in [2.75, 3.05) is 6.54 Å². The maximum atomic E-state index is 11.7. The van der Waals surface area contributed by atoms with Gasteiger partial charge in [0.05, 0.1) is 10.7 Å². The minimum Gasteiger partial charge on any atom is -0.354 e. The molecule has 0 unspecified atom stereocenters. The monoisotopic (exact) mass is 310 g/mol. The van der Waals surface area contributed by atoms with Crippen molar-refractivity contribution in [3.8, 4) is 0 Å². The summed E-state index contributed by atoms with van der Waals surface area (Å²) in [6.07, 6.45) is 6.53. The van der Waals surface area contributed by atoms with E-state index in [1.54, 1.807) is 6.92 Å². The fraction of sp³-hybridized carbons (Fsp3) is 0.643. The zero-order valence-corrected chi connectivity index (χ0v) is 13.1. The number of fused-ring (bicyclic) bond motifs is 1. The molecule has 0 bridgehead atoms. The highest BCUT2D eigenvalue weighted by atomic mass is 32.1. The number of thiazole rings is 1. The number of hydrogen-bond donors (Lipinski definition) is 3. The van der Waals surface area contributed by atoms with E-state index in [1.807, 2.05) is 11.3 Å². The van der Waals surface area contributed by atoms with Crippen LogP contribution in [0.3, 0.4) is 0 Å². The second-order valence-electron chi connectivity index (χ2n) is 5.31. The van der Waals surface area contributed by atoms with Gasteiger partial charge in [0.15, 0.2) is 0 Å². The van der Waals surface area contributed by atoms with E-state index in [0.29, 0.717) is 6.54 Å². The number of nitrogens with two attached hydrogens (primary N) is 1. The van der Waals surface area contributed by atoms with Crippen LogP contribution in [0, 0.1) is 0 Å². The van der Waals surface area contributed by atoms with E-state index in [9.17, 15) is 9.59 Å². The molecule has 3 amide bonds. The molecule has 0 saturated heterocycles. The number of carbonyl (C=O) groups is 2. The van der Waals surface area contributed by atoms with E-state index < -0.39 is 12.1 Å². The van der Waals surface area contributed by atoms with Crippen molar-refractivity contribution in [2.24, 2.45) is 5.73 Å². The highest BCUT2D eigenvalue weighted by molar-refractivity contribution is 7.11. The van der Waals surface area contributed by atoms with Gasteiger partial charge >= 0.3 is 6.03 Å². The van der Waals surface area contributed by atoms with Crippen LogP contribution in [0.2, 0.25) is 0 Å². The largest absolute Gasteiger partial charge is 0.354 e. The second-order valence-corrected chi connectivity index (χ2v) is 6.48. The summed E-state index contributed by atoms with van der Waals surface area (Å²) in [5, 5.41) is 6.30. The van der Waals surface area contributed by atoms with Crippen molar-refractivity contribution in [1.29, 1.82) is 0 Å². The van der Waals surface area contributed by atoms with Crippen molar-refractivity contribution in [3.05, 3.63) is 15.6 Å². The van der Waals surface area contributed by atoms with Gasteiger partial charge in [-0.1, -0.05) is 0 Å². The summed E-state index contributed by atoms with van der Waals surface area (Å²) >= 11 is 1.81. The first-order chi connectivity index (χ1) is 10.1. The number of carbonyl (C=O) groups excluding carboxylic acids is 2. The van der Waals surface area contributed by atoms with Crippen molar-refractivity contribution in [3.63, 3.8) is 0 Å². The van der Waals surface area contributed by atoms with Gasteiger partial charge in [0.2, 0.25) is 5.91 Å². The molecule has 0 fully saturated rings. The molecule has 116 valence electrons. The Bertz CT molecular complexity index is 492. The molecule has 6 nitrogen and oxygen atoms in total. The number of rotatable bonds is 6. The molecule has 0 aliphatic heterocycles. The number of urea groups is 1. The highest BCUT2D eigenvalue weighted by Crippen LogP contribution is 2.27. The molecule has 2 rings (SSSR count). The van der Waals surface area contributed by atoms with E-state index in [2.05, 4.69) is 15.6 Å². The minimum absolute atomic E-state index is 0.216. The molecule has 0 radical (unpaired) electrons. The van der Waals surface area contributed by atoms with E-state index in [1.165, 1.54) is 34.8 Å². The lowest BCUT2D eigenvalue weighted by Gasteiger charge is -2.11. The smallest absolute Gasteiger partial charge is 0.312 e. The Hall–Kier alpha value is -1.63. The third kappa shape index (κ3) is 4.70. The zero-order chi connectivity index (χ0) is 15.2. The van der Waals surface area contributed by atoms with Gasteiger partial charge in [0.1, 0.15) is 6.04 Å². The Balaban J connectivity index is 1.68. The van der Waals surface area contributed by atoms with Crippen LogP contribution in [-0.4, -0.2) is 29.5 Å². The van der Waals surface area contributed by atoms with Crippen LogP contribution in [0.25, 0.3) is 0 Å². The number of aryl methyl sites for hydroxylation is 3. The Morgan fingerprint density at radius 3 is 2.86 bits per heavy atom. The molecule has 1 aromatic rings. The van der Waals surface area contributed by atoms with Gasteiger partial charge < -0.3 is 16.4 Å². The molecular weight excluding hydrogens is 288 g/mol. The van der Waals surface area contributed by atoms with Gasteiger partial charge in [0.25, 0.3) is 0 Å². The van der Waals surface area contributed by atoms with Crippen LogP contribution >= 0.6 is 11.3 Å². The molecule has 1 heterocycles. The van der Waals surface area contributed by atoms with Gasteiger partial charge in [-0.15, -0.1) is 11.3 Å². The van der Waals surface area contributed by atoms with Gasteiger partial charge in [-0.25, -0.2) is 9.78 Å². The fourth-order valence-electron chi connectivity index (χ4n) is 2.40. The third-order valence-electron chi connectivity index (χ3n) is 3.51. The van der Waals surface area contributed by atoms with Crippen LogP contribution < -0.4 is 16.4 Å². The normalized spacial score (nSPS) is 15.1. The average Bonchev–Trinajstić information content (AvgIpc) is 2.85. The summed E-state index contributed by atoms with van der Waals surface area (Å²) in [4.78, 5) is 28.4. The van der Waals surface area contributed by atoms with E-state index in [0.717, 1.165) is 19.3 Å². The molecule has 0 spiro atoms. The molecule has 21 heavy (non-hydrogen) atoms. The van der Waals surface area contributed by atoms with Crippen LogP contribution in [0.4, 0.5) is 4.79 Å². The average molecular weight is 310 g/mol. The highest BCUT2D eigenvalue weighted by Gasteiger charge is 2.15. The summed E-state index contributed by atoms with van der Waals surface area (Å²) in [5.74, 6) is -0.216. The van der Waals surface area contributed by atoms with Crippen molar-refractivity contribution in [1.82, 2.24) is 15.6 Å². The lowest BCUT2D eigenvalue weighted by Crippen LogP contribution is -2.46. The SMILES string of the molecule is C[C@@H](NC(N)=O)C(=O)NCCCc1nc2c(s1)CCCC2. The Morgan fingerprint density at radius 2 is 2.14 bits per heavy atom. The molecule has 7 heteroatoms. The van der Waals surface area contributed by atoms with Crippen molar-refractivity contribution < 1.29 is 9.59 Å². The number of nitrogens with zero attached hydrogens (tertiary/aromatic N) is 1. The van der Waals surface area contributed by atoms with Gasteiger partial charge in [-0.3, -0.25) is 4.79 Å². The molecule has 1 atom stereocenters. The molecule has 0 saturated carbocycles. The summed E-state index contributed by atoms with van der Waals surface area (Å²) in [7, 11) is 0. The Labute approximate surface area is 128 Å². The standard InChI is InChI=1S/C14H22N4O2S/c1-9(17-14(15)20)13(19)16-8-4-7-12-18-10-5-2-3-6-11(10)21-12/h9H,2-8H2,1H3,(H,16,19)(H3,15,17,20)/t9-/m1/s1. The van der Waals surface area contributed by atoms with E-state index in [4.69, 9.17) is 5.73 Å². The lowest BCUT2D eigenvalue weighted by molar-refractivity contribution is -0.122. The van der Waals surface area contributed by atoms with Gasteiger partial charge in [-0.2, -0.15) is 0 Å². The lowest BCUT2D eigenvalue weighted by atomic mass is 10.0. The molecule has 1 aliphatic carbocycles. The van der Waals surface area contributed by atoms with E-state index in [-0.39, 0.29) is 5.91 Å². The quantitative estimate of drug-likeness (QED) is 0.687. The number of aromatic nitrogens is 1. The number of nitrogens with one attached hydrogen (secondary N) is 2. The molecule has 4 N–H and O–H groups in total. The summed E-state index contributed by atoms with van der Waals surface area (Å²) in [5.41, 5.74) is 6.25. The summed E-state index contributed by atoms with van der Waals surface area (Å²) in [6.45, 7) is 2.18. The zero-order valence-electron chi connectivity index (χ0n) is 12.3. The topological polar surface area (TPSA) is 97.1 Å². The van der Waals surface area contributed by atoms with Crippen molar-refractivity contribution >= 4 is 23.3 Å². The Morgan fingerprint density at radius 1 is 1.38 bits per heavy atom. The van der Waals surface area contributed by atoms with Crippen LogP contribution in [0.15, 0.2) is 0 Å². The second kappa shape index (κ2) is 7.40.